The fourth-order valence-electron chi connectivity index (χ4n) is 0.913. The van der Waals surface area contributed by atoms with E-state index in [-0.39, 0.29) is 12.2 Å². The van der Waals surface area contributed by atoms with Gasteiger partial charge in [0.25, 0.3) is 0 Å². The minimum atomic E-state index is -1.11. The zero-order chi connectivity index (χ0) is 10.6. The number of carbonyl (C=O) groups is 1. The number of hydrogen-bond acceptors (Lipinski definition) is 4. The fourth-order valence-corrected chi connectivity index (χ4v) is 2.66. The van der Waals surface area contributed by atoms with Gasteiger partial charge in [-0.15, -0.1) is 11.3 Å². The summed E-state index contributed by atoms with van der Waals surface area (Å²) in [5.41, 5.74) is 0.788. The standard InChI is InChI=1S/C8H11NO3S2/c1-6-9-7(4-13-6)5-14(12)3-2-8(10)11/h4H,2-3,5H2,1H3,(H,10,11). The summed E-state index contributed by atoms with van der Waals surface area (Å²) in [6.07, 6.45) is -0.0459. The van der Waals surface area contributed by atoms with E-state index in [0.717, 1.165) is 10.7 Å². The molecule has 1 heterocycles. The molecule has 0 aliphatic rings. The van der Waals surface area contributed by atoms with Crippen LogP contribution in [0.3, 0.4) is 0 Å². The summed E-state index contributed by atoms with van der Waals surface area (Å²) in [6.45, 7) is 1.88. The third-order valence-corrected chi connectivity index (χ3v) is 3.62. The Kier molecular flexibility index (Phi) is 4.21. The second-order valence-corrected chi connectivity index (χ2v) is 5.43. The number of nitrogens with zero attached hydrogens (tertiary/aromatic N) is 1. The van der Waals surface area contributed by atoms with Crippen LogP contribution in [0.1, 0.15) is 17.1 Å². The maximum Gasteiger partial charge on any atom is 0.304 e. The minimum absolute atomic E-state index is 0.0459. The van der Waals surface area contributed by atoms with Gasteiger partial charge in [-0.05, 0) is 6.92 Å². The van der Waals surface area contributed by atoms with Gasteiger partial charge in [0.15, 0.2) is 0 Å². The number of thiazole rings is 1. The number of hydrogen-bond donors (Lipinski definition) is 1. The molecule has 0 aliphatic heterocycles. The summed E-state index contributed by atoms with van der Waals surface area (Å²) in [4.78, 5) is 14.4. The molecular formula is C8H11NO3S2. The highest BCUT2D eigenvalue weighted by Gasteiger charge is 2.06. The van der Waals surface area contributed by atoms with Crippen molar-refractivity contribution in [3.8, 4) is 0 Å². The molecule has 0 bridgehead atoms. The van der Waals surface area contributed by atoms with Crippen LogP contribution in [-0.4, -0.2) is 26.0 Å². The highest BCUT2D eigenvalue weighted by Crippen LogP contribution is 2.10. The van der Waals surface area contributed by atoms with Crippen LogP contribution >= 0.6 is 11.3 Å². The predicted octanol–water partition coefficient (Wildman–Crippen LogP) is 1.17. The minimum Gasteiger partial charge on any atom is -0.481 e. The Hall–Kier alpha value is -0.750. The lowest BCUT2D eigenvalue weighted by molar-refractivity contribution is -0.136. The van der Waals surface area contributed by atoms with Crippen molar-refractivity contribution in [2.24, 2.45) is 0 Å². The molecule has 78 valence electrons. The molecule has 1 unspecified atom stereocenters. The maximum atomic E-state index is 11.3. The van der Waals surface area contributed by atoms with E-state index in [0.29, 0.717) is 5.75 Å². The fraction of sp³-hybridized carbons (Fsp3) is 0.500. The van der Waals surface area contributed by atoms with Crippen LogP contribution in [0.15, 0.2) is 5.38 Å². The van der Waals surface area contributed by atoms with Gasteiger partial charge in [-0.1, -0.05) is 0 Å². The molecule has 1 rings (SSSR count). The van der Waals surface area contributed by atoms with Crippen LogP contribution in [0.2, 0.25) is 0 Å². The van der Waals surface area contributed by atoms with Gasteiger partial charge < -0.3 is 5.11 Å². The van der Waals surface area contributed by atoms with Gasteiger partial charge in [0.2, 0.25) is 0 Å². The highest BCUT2D eigenvalue weighted by molar-refractivity contribution is 7.84. The highest BCUT2D eigenvalue weighted by atomic mass is 32.2. The number of rotatable bonds is 5. The summed E-state index contributed by atoms with van der Waals surface area (Å²) in [6, 6.07) is 0. The van der Waals surface area contributed by atoms with Crippen molar-refractivity contribution < 1.29 is 14.1 Å². The van der Waals surface area contributed by atoms with Gasteiger partial charge in [-0.3, -0.25) is 9.00 Å². The lowest BCUT2D eigenvalue weighted by Gasteiger charge is -1.96. The molecule has 0 aromatic carbocycles. The Labute approximate surface area is 88.4 Å². The van der Waals surface area contributed by atoms with E-state index in [2.05, 4.69) is 4.98 Å². The zero-order valence-electron chi connectivity index (χ0n) is 7.73. The van der Waals surface area contributed by atoms with Gasteiger partial charge in [0.1, 0.15) is 0 Å². The van der Waals surface area contributed by atoms with E-state index in [1.807, 2.05) is 12.3 Å². The first-order valence-corrected chi connectivity index (χ1v) is 6.42. The van der Waals surface area contributed by atoms with Crippen molar-refractivity contribution in [2.45, 2.75) is 19.1 Å². The SMILES string of the molecule is Cc1nc(CS(=O)CCC(=O)O)cs1. The van der Waals surface area contributed by atoms with Gasteiger partial charge in [0, 0.05) is 21.9 Å². The molecule has 0 aliphatic carbocycles. The Bertz CT molecular complexity index is 348. The molecule has 0 amide bonds. The molecule has 0 saturated carbocycles. The van der Waals surface area contributed by atoms with Crippen LogP contribution in [0, 0.1) is 6.92 Å². The molecule has 1 aromatic rings. The number of aromatic nitrogens is 1. The van der Waals surface area contributed by atoms with E-state index in [1.54, 1.807) is 0 Å². The Morgan fingerprint density at radius 3 is 2.93 bits per heavy atom. The topological polar surface area (TPSA) is 67.3 Å². The normalized spacial score (nSPS) is 12.6. The third-order valence-electron chi connectivity index (χ3n) is 1.52. The first-order chi connectivity index (χ1) is 6.58. The molecule has 1 N–H and O–H groups in total. The summed E-state index contributed by atoms with van der Waals surface area (Å²) >= 11 is 1.51. The molecule has 0 fully saturated rings. The van der Waals surface area contributed by atoms with Crippen molar-refractivity contribution in [1.29, 1.82) is 0 Å². The van der Waals surface area contributed by atoms with Gasteiger partial charge in [-0.2, -0.15) is 0 Å². The lowest BCUT2D eigenvalue weighted by atomic mass is 10.5. The van der Waals surface area contributed by atoms with Crippen molar-refractivity contribution in [3.05, 3.63) is 16.1 Å². The predicted molar refractivity (Wildman–Crippen MR) is 55.8 cm³/mol. The first-order valence-electron chi connectivity index (χ1n) is 4.05. The molecule has 1 aromatic heterocycles. The average molecular weight is 233 g/mol. The van der Waals surface area contributed by atoms with E-state index in [4.69, 9.17) is 5.11 Å². The third kappa shape index (κ3) is 3.97. The van der Waals surface area contributed by atoms with Crippen molar-refractivity contribution in [3.63, 3.8) is 0 Å². The monoisotopic (exact) mass is 233 g/mol. The molecule has 1 atom stereocenters. The molecule has 0 spiro atoms. The summed E-state index contributed by atoms with van der Waals surface area (Å²) in [5, 5.41) is 11.2. The first kappa shape index (κ1) is 11.3. The summed E-state index contributed by atoms with van der Waals surface area (Å²) < 4.78 is 11.3. The van der Waals surface area contributed by atoms with Crippen molar-refractivity contribution in [1.82, 2.24) is 4.98 Å². The number of aliphatic carboxylic acids is 1. The Balaban J connectivity index is 2.37. The van der Waals surface area contributed by atoms with Crippen LogP contribution in [-0.2, 0) is 21.3 Å². The lowest BCUT2D eigenvalue weighted by Crippen LogP contribution is -2.06. The second kappa shape index (κ2) is 5.21. The van der Waals surface area contributed by atoms with Crippen molar-refractivity contribution in [2.75, 3.05) is 5.75 Å². The van der Waals surface area contributed by atoms with Crippen molar-refractivity contribution >= 4 is 28.1 Å². The Morgan fingerprint density at radius 1 is 1.71 bits per heavy atom. The Morgan fingerprint density at radius 2 is 2.43 bits per heavy atom. The van der Waals surface area contributed by atoms with Crippen LogP contribution in [0.4, 0.5) is 0 Å². The quantitative estimate of drug-likeness (QED) is 0.829. The molecular weight excluding hydrogens is 222 g/mol. The van der Waals surface area contributed by atoms with E-state index >= 15 is 0 Å². The number of aryl methyl sites for hydroxylation is 1. The average Bonchev–Trinajstić information content (AvgIpc) is 2.48. The molecule has 4 nitrogen and oxygen atoms in total. The van der Waals surface area contributed by atoms with Crippen LogP contribution < -0.4 is 0 Å². The van der Waals surface area contributed by atoms with E-state index in [1.165, 1.54) is 11.3 Å². The van der Waals surface area contributed by atoms with Crippen LogP contribution in [0.25, 0.3) is 0 Å². The summed E-state index contributed by atoms with van der Waals surface area (Å²) in [5.74, 6) is -0.350. The van der Waals surface area contributed by atoms with E-state index in [9.17, 15) is 9.00 Å². The largest absolute Gasteiger partial charge is 0.481 e. The van der Waals surface area contributed by atoms with Gasteiger partial charge in [0.05, 0.1) is 22.9 Å². The van der Waals surface area contributed by atoms with E-state index < -0.39 is 16.8 Å². The molecule has 0 radical (unpaired) electrons. The molecule has 6 heteroatoms. The zero-order valence-corrected chi connectivity index (χ0v) is 9.36. The van der Waals surface area contributed by atoms with Gasteiger partial charge in [-0.25, -0.2) is 4.98 Å². The maximum absolute atomic E-state index is 11.3. The van der Waals surface area contributed by atoms with Crippen LogP contribution in [0.5, 0.6) is 0 Å². The molecule has 0 saturated heterocycles. The number of carboxylic acid groups (broad SMARTS) is 1. The smallest absolute Gasteiger partial charge is 0.304 e. The van der Waals surface area contributed by atoms with Gasteiger partial charge >= 0.3 is 5.97 Å². The second-order valence-electron chi connectivity index (χ2n) is 2.79. The molecule has 14 heavy (non-hydrogen) atoms. The number of carboxylic acids is 1. The summed E-state index contributed by atoms with van der Waals surface area (Å²) in [7, 11) is -1.11.